The average Bonchev–Trinajstić information content (AvgIpc) is 2.98. The summed E-state index contributed by atoms with van der Waals surface area (Å²) in [4.78, 5) is 23.6. The Bertz CT molecular complexity index is 1550. The Kier molecular flexibility index (Phi) is 11.0. The summed E-state index contributed by atoms with van der Waals surface area (Å²) in [7, 11) is -2.51. The molecule has 3 aromatic rings. The summed E-state index contributed by atoms with van der Waals surface area (Å²) in [6, 6.07) is 11.7. The Morgan fingerprint density at radius 3 is 2.45 bits per heavy atom. The van der Waals surface area contributed by atoms with Crippen molar-refractivity contribution < 1.29 is 22.7 Å². The SMILES string of the molecule is CCCCN(CCOC)N1C(=O)c2cccc(c2)S(=O)(=O)Nc2nc(c(C)c(-c3c(C)cccc3C)n2)OC[C@H]1CC(C)C. The molecule has 0 saturated carbocycles. The van der Waals surface area contributed by atoms with Crippen LogP contribution in [0.4, 0.5) is 5.95 Å². The molecule has 1 amide bonds. The fraction of sp³-hybridized carbons (Fsp3) is 0.485. The minimum absolute atomic E-state index is 0.0554. The highest BCUT2D eigenvalue weighted by atomic mass is 32.2. The van der Waals surface area contributed by atoms with E-state index in [1.54, 1.807) is 24.3 Å². The van der Waals surface area contributed by atoms with Crippen molar-refractivity contribution in [2.24, 2.45) is 5.92 Å². The molecule has 0 radical (unpaired) electrons. The maximum atomic E-state index is 14.4. The van der Waals surface area contributed by atoms with Gasteiger partial charge >= 0.3 is 0 Å². The smallest absolute Gasteiger partial charge is 0.268 e. The zero-order valence-corrected chi connectivity index (χ0v) is 27.7. The molecule has 0 spiro atoms. The molecule has 238 valence electrons. The number of hydrogen-bond acceptors (Lipinski definition) is 8. The molecule has 1 aliphatic heterocycles. The summed E-state index contributed by atoms with van der Waals surface area (Å²) in [6.07, 6.45) is 2.47. The van der Waals surface area contributed by atoms with E-state index in [0.29, 0.717) is 37.4 Å². The maximum Gasteiger partial charge on any atom is 0.268 e. The van der Waals surface area contributed by atoms with Crippen molar-refractivity contribution >= 4 is 21.9 Å². The number of hydrogen-bond donors (Lipinski definition) is 1. The number of nitrogens with one attached hydrogen (secondary N) is 1. The molecular formula is C33H45N5O5S. The second-order valence-electron chi connectivity index (χ2n) is 11.8. The van der Waals surface area contributed by atoms with E-state index >= 15 is 0 Å². The molecule has 1 N–H and O–H groups in total. The third-order valence-electron chi connectivity index (χ3n) is 7.77. The minimum atomic E-state index is -4.15. The van der Waals surface area contributed by atoms with Crippen LogP contribution in [0.3, 0.4) is 0 Å². The van der Waals surface area contributed by atoms with Crippen LogP contribution in [0.15, 0.2) is 47.4 Å². The number of amides is 1. The van der Waals surface area contributed by atoms with Crippen molar-refractivity contribution in [1.82, 2.24) is 20.0 Å². The molecule has 1 aromatic heterocycles. The second kappa shape index (κ2) is 14.5. The molecule has 11 heteroatoms. The number of anilines is 1. The lowest BCUT2D eigenvalue weighted by Crippen LogP contribution is -2.55. The lowest BCUT2D eigenvalue weighted by molar-refractivity contribution is -0.0614. The van der Waals surface area contributed by atoms with Gasteiger partial charge < -0.3 is 9.47 Å². The predicted molar refractivity (Wildman–Crippen MR) is 172 cm³/mol. The summed E-state index contributed by atoms with van der Waals surface area (Å²) in [6.45, 7) is 13.9. The zero-order chi connectivity index (χ0) is 32.0. The third-order valence-corrected chi connectivity index (χ3v) is 9.10. The minimum Gasteiger partial charge on any atom is -0.475 e. The topological polar surface area (TPSA) is 114 Å². The van der Waals surface area contributed by atoms with Crippen molar-refractivity contribution in [3.05, 3.63) is 64.7 Å². The van der Waals surface area contributed by atoms with Gasteiger partial charge in [-0.05, 0) is 68.9 Å². The van der Waals surface area contributed by atoms with Gasteiger partial charge in [0, 0.05) is 36.9 Å². The molecule has 0 fully saturated rings. The van der Waals surface area contributed by atoms with E-state index < -0.39 is 10.0 Å². The Hall–Kier alpha value is -3.54. The number of benzene rings is 2. The van der Waals surface area contributed by atoms with Crippen molar-refractivity contribution in [1.29, 1.82) is 0 Å². The number of unbranched alkanes of at least 4 members (excludes halogenated alkanes) is 1. The van der Waals surface area contributed by atoms with Gasteiger partial charge in [0.05, 0.1) is 23.2 Å². The molecule has 0 unspecified atom stereocenters. The van der Waals surface area contributed by atoms with Gasteiger partial charge in [0.15, 0.2) is 0 Å². The quantitative estimate of drug-likeness (QED) is 0.302. The van der Waals surface area contributed by atoms with Gasteiger partial charge in [0.1, 0.15) is 6.61 Å². The molecule has 0 saturated heterocycles. The number of hydrazine groups is 1. The van der Waals surface area contributed by atoms with Crippen LogP contribution in [0.25, 0.3) is 11.3 Å². The number of ether oxygens (including phenoxy) is 2. The fourth-order valence-electron chi connectivity index (χ4n) is 5.57. The van der Waals surface area contributed by atoms with E-state index in [0.717, 1.165) is 29.5 Å². The van der Waals surface area contributed by atoms with Gasteiger partial charge in [0.25, 0.3) is 15.9 Å². The standard InChI is InChI=1S/C33H45N5O5S/c1-8-9-16-37(17-18-42-7)38-27(19-22(2)3)21-43-31-25(6)30(29-23(4)12-10-13-24(29)5)34-33(35-31)36-44(40,41)28-15-11-14-26(20-28)32(38)39/h10-15,20,22,27H,8-9,16-19,21H2,1-7H3,(H,34,35,36)/t27-/m1/s1. The number of aryl methyl sites for hydroxylation is 2. The van der Waals surface area contributed by atoms with Crippen molar-refractivity contribution in [2.45, 2.75) is 71.7 Å². The number of methoxy groups -OCH3 is 1. The number of sulfonamides is 1. The molecule has 4 rings (SSSR count). The Balaban J connectivity index is 1.95. The summed E-state index contributed by atoms with van der Waals surface area (Å²) in [5.41, 5.74) is 4.42. The van der Waals surface area contributed by atoms with E-state index in [1.807, 2.05) is 44.0 Å². The van der Waals surface area contributed by atoms with Crippen LogP contribution in [-0.4, -0.2) is 73.8 Å². The summed E-state index contributed by atoms with van der Waals surface area (Å²) >= 11 is 0. The van der Waals surface area contributed by atoms with E-state index in [2.05, 4.69) is 30.5 Å². The number of rotatable bonds is 10. The molecule has 2 aromatic carbocycles. The Labute approximate surface area is 261 Å². The molecule has 1 atom stereocenters. The van der Waals surface area contributed by atoms with Crippen LogP contribution >= 0.6 is 0 Å². The monoisotopic (exact) mass is 623 g/mol. The van der Waals surface area contributed by atoms with Crippen LogP contribution in [0.1, 0.15) is 67.1 Å². The lowest BCUT2D eigenvalue weighted by atomic mass is 9.97. The number of fused-ring (bicyclic) bond motifs is 4. The van der Waals surface area contributed by atoms with Gasteiger partial charge in [-0.15, -0.1) is 0 Å². The molecular weight excluding hydrogens is 578 g/mol. The third kappa shape index (κ3) is 7.57. The lowest BCUT2D eigenvalue weighted by Gasteiger charge is -2.41. The van der Waals surface area contributed by atoms with Crippen LogP contribution in [-0.2, 0) is 14.8 Å². The average molecular weight is 624 g/mol. The van der Waals surface area contributed by atoms with Gasteiger partial charge in [-0.2, -0.15) is 4.98 Å². The highest BCUT2D eigenvalue weighted by Gasteiger charge is 2.33. The van der Waals surface area contributed by atoms with Crippen molar-refractivity contribution in [3.63, 3.8) is 0 Å². The first kappa shape index (κ1) is 33.4. The number of carbonyl (C=O) groups is 1. The molecule has 0 aliphatic carbocycles. The van der Waals surface area contributed by atoms with E-state index in [-0.39, 0.29) is 46.8 Å². The largest absolute Gasteiger partial charge is 0.475 e. The van der Waals surface area contributed by atoms with Crippen LogP contribution in [0.5, 0.6) is 5.88 Å². The first-order chi connectivity index (χ1) is 21.0. The van der Waals surface area contributed by atoms with Crippen LogP contribution in [0, 0.1) is 26.7 Å². The van der Waals surface area contributed by atoms with Crippen LogP contribution in [0.2, 0.25) is 0 Å². The normalized spacial score (nSPS) is 16.6. The number of aromatic nitrogens is 2. The molecule has 2 heterocycles. The fourth-order valence-corrected chi connectivity index (χ4v) is 6.56. The summed E-state index contributed by atoms with van der Waals surface area (Å²) in [5.74, 6) is 0.111. The van der Waals surface area contributed by atoms with Gasteiger partial charge in [-0.1, -0.05) is 51.5 Å². The van der Waals surface area contributed by atoms with Gasteiger partial charge in [-0.3, -0.25) is 9.80 Å². The first-order valence-electron chi connectivity index (χ1n) is 15.2. The van der Waals surface area contributed by atoms with Crippen molar-refractivity contribution in [3.8, 4) is 17.1 Å². The highest BCUT2D eigenvalue weighted by Crippen LogP contribution is 2.34. The zero-order valence-electron chi connectivity index (χ0n) is 26.9. The number of nitrogens with zero attached hydrogens (tertiary/aromatic N) is 4. The van der Waals surface area contributed by atoms with Crippen LogP contribution < -0.4 is 9.46 Å². The summed E-state index contributed by atoms with van der Waals surface area (Å²) in [5, 5.41) is 3.78. The Morgan fingerprint density at radius 2 is 1.80 bits per heavy atom. The van der Waals surface area contributed by atoms with Crippen molar-refractivity contribution in [2.75, 3.05) is 38.1 Å². The molecule has 1 aliphatic rings. The van der Waals surface area contributed by atoms with Gasteiger partial charge in [0.2, 0.25) is 11.8 Å². The van der Waals surface area contributed by atoms with E-state index in [4.69, 9.17) is 14.5 Å². The summed E-state index contributed by atoms with van der Waals surface area (Å²) < 4.78 is 41.8. The maximum absolute atomic E-state index is 14.4. The molecule has 10 nitrogen and oxygen atoms in total. The Morgan fingerprint density at radius 1 is 1.09 bits per heavy atom. The molecule has 4 bridgehead atoms. The van der Waals surface area contributed by atoms with E-state index in [9.17, 15) is 13.2 Å². The molecule has 44 heavy (non-hydrogen) atoms. The van der Waals surface area contributed by atoms with Gasteiger partial charge in [-0.25, -0.2) is 23.1 Å². The number of carbonyl (C=O) groups excluding carboxylic acids is 1. The van der Waals surface area contributed by atoms with E-state index in [1.165, 1.54) is 12.1 Å². The second-order valence-corrected chi connectivity index (χ2v) is 13.5. The first-order valence-corrected chi connectivity index (χ1v) is 16.7. The predicted octanol–water partition coefficient (Wildman–Crippen LogP) is 5.78. The highest BCUT2D eigenvalue weighted by molar-refractivity contribution is 7.92.